The number of ether oxygens (including phenoxy) is 1. The predicted molar refractivity (Wildman–Crippen MR) is 95.2 cm³/mol. The van der Waals surface area contributed by atoms with Crippen LogP contribution in [0, 0.1) is 0 Å². The average Bonchev–Trinajstić information content (AvgIpc) is 2.93. The van der Waals surface area contributed by atoms with E-state index < -0.39 is 0 Å². The number of phenols is 1. The lowest BCUT2D eigenvalue weighted by Gasteiger charge is -2.11. The van der Waals surface area contributed by atoms with Gasteiger partial charge in [0.05, 0.1) is 19.2 Å². The van der Waals surface area contributed by atoms with Gasteiger partial charge in [-0.2, -0.15) is 5.10 Å². The molecule has 0 spiro atoms. The maximum absolute atomic E-state index is 11.8. The van der Waals surface area contributed by atoms with E-state index >= 15 is 0 Å². The summed E-state index contributed by atoms with van der Waals surface area (Å²) in [4.78, 5) is 11.8. The molecule has 1 heterocycles. The van der Waals surface area contributed by atoms with Crippen molar-refractivity contribution in [2.45, 2.75) is 13.3 Å². The van der Waals surface area contributed by atoms with Crippen molar-refractivity contribution in [1.29, 1.82) is 0 Å². The van der Waals surface area contributed by atoms with Gasteiger partial charge < -0.3 is 9.84 Å². The van der Waals surface area contributed by atoms with Gasteiger partial charge in [0.2, 0.25) is 0 Å². The molecular formula is C19H18N2O3. The van der Waals surface area contributed by atoms with Crippen molar-refractivity contribution < 1.29 is 14.6 Å². The van der Waals surface area contributed by atoms with Crippen LogP contribution < -0.4 is 9.75 Å². The Labute approximate surface area is 140 Å². The van der Waals surface area contributed by atoms with Crippen LogP contribution in [0.2, 0.25) is 0 Å². The molecule has 3 rings (SSSR count). The van der Waals surface area contributed by atoms with Gasteiger partial charge in [0, 0.05) is 5.71 Å². The van der Waals surface area contributed by atoms with Gasteiger partial charge in [0.25, 0.3) is 5.91 Å². The highest BCUT2D eigenvalue weighted by molar-refractivity contribution is 6.12. The second-order valence-corrected chi connectivity index (χ2v) is 5.57. The van der Waals surface area contributed by atoms with Crippen molar-refractivity contribution in [1.82, 2.24) is 0 Å². The summed E-state index contributed by atoms with van der Waals surface area (Å²) in [5, 5.41) is 15.3. The van der Waals surface area contributed by atoms with Crippen LogP contribution in [0.15, 0.2) is 47.6 Å². The van der Waals surface area contributed by atoms with E-state index in [0.717, 1.165) is 22.5 Å². The quantitative estimate of drug-likeness (QED) is 0.873. The Kier molecular flexibility index (Phi) is 4.33. The fourth-order valence-electron chi connectivity index (χ4n) is 2.47. The molecule has 122 valence electrons. The van der Waals surface area contributed by atoms with Crippen LogP contribution in [0.3, 0.4) is 0 Å². The van der Waals surface area contributed by atoms with Crippen molar-refractivity contribution in [2.75, 3.05) is 12.1 Å². The minimum absolute atomic E-state index is 0.00743. The molecule has 0 aromatic heterocycles. The largest absolute Gasteiger partial charge is 0.504 e. The Morgan fingerprint density at radius 3 is 2.42 bits per heavy atom. The molecule has 0 atom stereocenters. The lowest BCUT2D eigenvalue weighted by Crippen LogP contribution is -2.19. The SMILES string of the molecule is COc1cc(/C=C/c2ccc(N3N=C(C)CC3=O)cc2)ccc1O. The Balaban J connectivity index is 1.76. The van der Waals surface area contributed by atoms with Crippen molar-refractivity contribution in [2.24, 2.45) is 5.10 Å². The van der Waals surface area contributed by atoms with Crippen molar-refractivity contribution in [3.8, 4) is 11.5 Å². The van der Waals surface area contributed by atoms with Crippen molar-refractivity contribution >= 4 is 29.5 Å². The molecule has 0 radical (unpaired) electrons. The average molecular weight is 322 g/mol. The molecule has 24 heavy (non-hydrogen) atoms. The van der Waals surface area contributed by atoms with Crippen LogP contribution in [0.4, 0.5) is 5.69 Å². The zero-order valence-corrected chi connectivity index (χ0v) is 13.6. The lowest BCUT2D eigenvalue weighted by molar-refractivity contribution is -0.116. The first kappa shape index (κ1) is 15.8. The standard InChI is InChI=1S/C19H18N2O3/c1-13-11-19(23)21(20-13)16-8-5-14(6-9-16)3-4-15-7-10-17(22)18(12-15)24-2/h3-10,12,22H,11H2,1-2H3/b4-3+. The number of anilines is 1. The van der Waals surface area contributed by atoms with E-state index in [1.165, 1.54) is 12.1 Å². The number of carbonyl (C=O) groups excluding carboxylic acids is 1. The van der Waals surface area contributed by atoms with E-state index in [0.29, 0.717) is 12.2 Å². The molecular weight excluding hydrogens is 304 g/mol. The first-order valence-corrected chi connectivity index (χ1v) is 7.59. The molecule has 1 aliphatic rings. The highest BCUT2D eigenvalue weighted by atomic mass is 16.5. The number of methoxy groups -OCH3 is 1. The van der Waals surface area contributed by atoms with Crippen LogP contribution in [-0.2, 0) is 4.79 Å². The summed E-state index contributed by atoms with van der Waals surface area (Å²) in [6.07, 6.45) is 4.26. The summed E-state index contributed by atoms with van der Waals surface area (Å²) in [7, 11) is 1.52. The normalized spacial score (nSPS) is 14.3. The number of carbonyl (C=O) groups is 1. The molecule has 5 heteroatoms. The van der Waals surface area contributed by atoms with Gasteiger partial charge >= 0.3 is 0 Å². The fourth-order valence-corrected chi connectivity index (χ4v) is 2.47. The number of hydrogen-bond acceptors (Lipinski definition) is 4. The van der Waals surface area contributed by atoms with E-state index in [2.05, 4.69) is 5.10 Å². The summed E-state index contributed by atoms with van der Waals surface area (Å²) in [5.41, 5.74) is 3.51. The van der Waals surface area contributed by atoms with Crippen molar-refractivity contribution in [3.05, 3.63) is 53.6 Å². The molecule has 0 aliphatic carbocycles. The lowest BCUT2D eigenvalue weighted by atomic mass is 10.1. The Bertz CT molecular complexity index is 823. The Morgan fingerprint density at radius 1 is 1.12 bits per heavy atom. The van der Waals surface area contributed by atoms with Gasteiger partial charge in [-0.25, -0.2) is 5.01 Å². The summed E-state index contributed by atoms with van der Waals surface area (Å²) in [6.45, 7) is 1.85. The number of hydrazone groups is 1. The predicted octanol–water partition coefficient (Wildman–Crippen LogP) is 3.68. The maximum Gasteiger partial charge on any atom is 0.253 e. The van der Waals surface area contributed by atoms with E-state index in [9.17, 15) is 9.90 Å². The number of aromatic hydroxyl groups is 1. The number of nitrogens with zero attached hydrogens (tertiary/aromatic N) is 2. The van der Waals surface area contributed by atoms with E-state index in [1.54, 1.807) is 12.1 Å². The number of phenolic OH excluding ortho intramolecular Hbond substituents is 1. The van der Waals surface area contributed by atoms with Gasteiger partial charge in [-0.1, -0.05) is 30.4 Å². The van der Waals surface area contributed by atoms with Gasteiger partial charge in [0.15, 0.2) is 11.5 Å². The molecule has 0 fully saturated rings. The van der Waals surface area contributed by atoms with E-state index in [1.807, 2.05) is 49.4 Å². The topological polar surface area (TPSA) is 62.1 Å². The molecule has 0 bridgehead atoms. The molecule has 2 aromatic carbocycles. The molecule has 0 saturated carbocycles. The monoisotopic (exact) mass is 322 g/mol. The highest BCUT2D eigenvalue weighted by Gasteiger charge is 2.22. The molecule has 1 N–H and O–H groups in total. The van der Waals surface area contributed by atoms with Crippen LogP contribution in [0.25, 0.3) is 12.2 Å². The molecule has 0 saturated heterocycles. The molecule has 0 unspecified atom stereocenters. The highest BCUT2D eigenvalue weighted by Crippen LogP contribution is 2.27. The zero-order chi connectivity index (χ0) is 17.1. The summed E-state index contributed by atoms with van der Waals surface area (Å²) >= 11 is 0. The number of hydrogen-bond donors (Lipinski definition) is 1. The zero-order valence-electron chi connectivity index (χ0n) is 13.6. The van der Waals surface area contributed by atoms with Gasteiger partial charge in [-0.15, -0.1) is 0 Å². The fraction of sp³-hybridized carbons (Fsp3) is 0.158. The minimum Gasteiger partial charge on any atom is -0.504 e. The second kappa shape index (κ2) is 6.58. The van der Waals surface area contributed by atoms with Gasteiger partial charge in [-0.3, -0.25) is 4.79 Å². The summed E-state index contributed by atoms with van der Waals surface area (Å²) < 4.78 is 5.10. The van der Waals surface area contributed by atoms with Gasteiger partial charge in [0.1, 0.15) is 0 Å². The number of rotatable bonds is 4. The third-order valence-corrected chi connectivity index (χ3v) is 3.72. The minimum atomic E-state index is -0.00743. The van der Waals surface area contributed by atoms with Crippen molar-refractivity contribution in [3.63, 3.8) is 0 Å². The molecule has 2 aromatic rings. The Morgan fingerprint density at radius 2 is 1.79 bits per heavy atom. The van der Waals surface area contributed by atoms with Crippen LogP contribution in [-0.4, -0.2) is 23.8 Å². The number of amides is 1. The first-order valence-electron chi connectivity index (χ1n) is 7.59. The maximum atomic E-state index is 11.8. The first-order chi connectivity index (χ1) is 11.6. The Hall–Kier alpha value is -3.08. The second-order valence-electron chi connectivity index (χ2n) is 5.57. The van der Waals surface area contributed by atoms with Gasteiger partial charge in [-0.05, 0) is 42.3 Å². The molecule has 5 nitrogen and oxygen atoms in total. The van der Waals surface area contributed by atoms with Crippen LogP contribution in [0.5, 0.6) is 11.5 Å². The van der Waals surface area contributed by atoms with E-state index in [4.69, 9.17) is 4.74 Å². The summed E-state index contributed by atoms with van der Waals surface area (Å²) in [6, 6.07) is 12.8. The molecule has 1 amide bonds. The smallest absolute Gasteiger partial charge is 0.253 e. The van der Waals surface area contributed by atoms with Crippen LogP contribution in [0.1, 0.15) is 24.5 Å². The van der Waals surface area contributed by atoms with E-state index in [-0.39, 0.29) is 11.7 Å². The van der Waals surface area contributed by atoms with Crippen LogP contribution >= 0.6 is 0 Å². The number of benzene rings is 2. The third-order valence-electron chi connectivity index (χ3n) is 3.72. The molecule has 1 aliphatic heterocycles. The third kappa shape index (κ3) is 3.30. The summed E-state index contributed by atoms with van der Waals surface area (Å²) in [5.74, 6) is 0.547.